The summed E-state index contributed by atoms with van der Waals surface area (Å²) >= 11 is 1.47. The monoisotopic (exact) mass is 234 g/mol. The van der Waals surface area contributed by atoms with Crippen LogP contribution in [0.25, 0.3) is 0 Å². The number of thiophene rings is 1. The van der Waals surface area contributed by atoms with Crippen LogP contribution in [0, 0.1) is 0 Å². The van der Waals surface area contributed by atoms with E-state index < -0.39 is 10.0 Å². The van der Waals surface area contributed by atoms with Gasteiger partial charge in [0.1, 0.15) is 0 Å². The van der Waals surface area contributed by atoms with Crippen LogP contribution in [-0.2, 0) is 10.0 Å². The van der Waals surface area contributed by atoms with E-state index in [2.05, 4.69) is 10.0 Å². The van der Waals surface area contributed by atoms with Crippen LogP contribution in [0.2, 0.25) is 0 Å². The molecule has 0 unspecified atom stereocenters. The lowest BCUT2D eigenvalue weighted by Gasteiger charge is -2.05. The summed E-state index contributed by atoms with van der Waals surface area (Å²) in [6, 6.07) is 1.75. The highest BCUT2D eigenvalue weighted by atomic mass is 32.2. The Hall–Kier alpha value is -0.590. The van der Waals surface area contributed by atoms with Crippen LogP contribution in [-0.4, -0.2) is 27.3 Å². The fourth-order valence-corrected chi connectivity index (χ4v) is 2.60. The van der Waals surface area contributed by atoms with Crippen LogP contribution in [0.1, 0.15) is 6.92 Å². The lowest BCUT2D eigenvalue weighted by Crippen LogP contribution is -2.26. The standard InChI is InChI=1S/C8H14N2O2S2/c1-2-9-4-6-14(11,12)10-8-3-5-13-7-8/h3,5,7,9-10H,2,4,6H2,1H3. The van der Waals surface area contributed by atoms with E-state index in [1.54, 1.807) is 11.4 Å². The molecule has 0 radical (unpaired) electrons. The van der Waals surface area contributed by atoms with Gasteiger partial charge in [-0.05, 0) is 18.0 Å². The first-order valence-electron chi connectivity index (χ1n) is 4.37. The van der Waals surface area contributed by atoms with Crippen molar-refractivity contribution in [3.63, 3.8) is 0 Å². The summed E-state index contributed by atoms with van der Waals surface area (Å²) in [6.45, 7) is 3.21. The van der Waals surface area contributed by atoms with Crippen molar-refractivity contribution >= 4 is 27.0 Å². The van der Waals surface area contributed by atoms with Crippen molar-refractivity contribution in [1.29, 1.82) is 0 Å². The molecule has 0 saturated heterocycles. The van der Waals surface area contributed by atoms with E-state index in [1.807, 2.05) is 12.3 Å². The third-order valence-corrected chi connectivity index (χ3v) is 3.56. The molecule has 1 heterocycles. The summed E-state index contributed by atoms with van der Waals surface area (Å²) in [7, 11) is -3.18. The molecule has 0 aliphatic heterocycles. The second-order valence-electron chi connectivity index (χ2n) is 2.79. The maximum absolute atomic E-state index is 11.4. The average molecular weight is 234 g/mol. The van der Waals surface area contributed by atoms with Gasteiger partial charge in [0.25, 0.3) is 0 Å². The number of anilines is 1. The summed E-state index contributed by atoms with van der Waals surface area (Å²) in [4.78, 5) is 0. The molecule has 0 amide bonds. The Morgan fingerprint density at radius 3 is 2.86 bits per heavy atom. The predicted octanol–water partition coefficient (Wildman–Crippen LogP) is 1.10. The highest BCUT2D eigenvalue weighted by molar-refractivity contribution is 7.92. The first-order valence-corrected chi connectivity index (χ1v) is 6.97. The maximum atomic E-state index is 11.4. The van der Waals surface area contributed by atoms with E-state index in [0.29, 0.717) is 12.2 Å². The normalized spacial score (nSPS) is 11.5. The third-order valence-electron chi connectivity index (χ3n) is 1.59. The summed E-state index contributed by atoms with van der Waals surface area (Å²) < 4.78 is 25.4. The summed E-state index contributed by atoms with van der Waals surface area (Å²) in [5.41, 5.74) is 0.645. The highest BCUT2D eigenvalue weighted by Crippen LogP contribution is 2.13. The van der Waals surface area contributed by atoms with Gasteiger partial charge in [-0.15, -0.1) is 0 Å². The Balaban J connectivity index is 2.42. The molecule has 1 aromatic heterocycles. The van der Waals surface area contributed by atoms with Crippen molar-refractivity contribution in [2.45, 2.75) is 6.92 Å². The van der Waals surface area contributed by atoms with Crippen molar-refractivity contribution < 1.29 is 8.42 Å². The van der Waals surface area contributed by atoms with E-state index in [0.717, 1.165) is 6.54 Å². The van der Waals surface area contributed by atoms with Gasteiger partial charge in [0, 0.05) is 11.9 Å². The number of hydrogen-bond donors (Lipinski definition) is 2. The number of hydrogen-bond acceptors (Lipinski definition) is 4. The van der Waals surface area contributed by atoms with E-state index >= 15 is 0 Å². The zero-order valence-electron chi connectivity index (χ0n) is 7.99. The van der Waals surface area contributed by atoms with Crippen LogP contribution in [0.15, 0.2) is 16.8 Å². The highest BCUT2D eigenvalue weighted by Gasteiger charge is 2.09. The SMILES string of the molecule is CCNCCS(=O)(=O)Nc1ccsc1. The molecule has 0 fully saturated rings. The van der Waals surface area contributed by atoms with Crippen LogP contribution in [0.3, 0.4) is 0 Å². The first-order chi connectivity index (χ1) is 6.64. The van der Waals surface area contributed by atoms with E-state index in [9.17, 15) is 8.42 Å². The smallest absolute Gasteiger partial charge is 0.234 e. The number of nitrogens with one attached hydrogen (secondary N) is 2. The van der Waals surface area contributed by atoms with Gasteiger partial charge in [-0.3, -0.25) is 4.72 Å². The molecular weight excluding hydrogens is 220 g/mol. The molecular formula is C8H14N2O2S2. The van der Waals surface area contributed by atoms with Crippen LogP contribution in [0.4, 0.5) is 5.69 Å². The first kappa shape index (κ1) is 11.5. The van der Waals surface area contributed by atoms with Gasteiger partial charge in [0.2, 0.25) is 10.0 Å². The maximum Gasteiger partial charge on any atom is 0.234 e. The van der Waals surface area contributed by atoms with Crippen molar-refractivity contribution in [1.82, 2.24) is 5.32 Å². The Kier molecular flexibility index (Phi) is 4.37. The molecule has 1 aromatic rings. The molecule has 2 N–H and O–H groups in total. The molecule has 0 aromatic carbocycles. The Bertz CT molecular complexity index is 345. The average Bonchev–Trinajstić information content (AvgIpc) is 2.56. The van der Waals surface area contributed by atoms with Crippen molar-refractivity contribution in [2.75, 3.05) is 23.6 Å². The van der Waals surface area contributed by atoms with Gasteiger partial charge in [0.15, 0.2) is 0 Å². The van der Waals surface area contributed by atoms with Gasteiger partial charge >= 0.3 is 0 Å². The largest absolute Gasteiger partial charge is 0.316 e. The Morgan fingerprint density at radius 1 is 1.50 bits per heavy atom. The third kappa shape index (κ3) is 4.08. The fourth-order valence-electron chi connectivity index (χ4n) is 0.936. The molecule has 0 aliphatic carbocycles. The minimum atomic E-state index is -3.18. The van der Waals surface area contributed by atoms with Gasteiger partial charge < -0.3 is 5.32 Å². The zero-order chi connectivity index (χ0) is 10.4. The lowest BCUT2D eigenvalue weighted by atomic mass is 10.6. The fraction of sp³-hybridized carbons (Fsp3) is 0.500. The van der Waals surface area contributed by atoms with Crippen LogP contribution < -0.4 is 10.0 Å². The predicted molar refractivity (Wildman–Crippen MR) is 60.3 cm³/mol. The molecule has 0 aliphatic rings. The quantitative estimate of drug-likeness (QED) is 0.725. The molecule has 6 heteroatoms. The van der Waals surface area contributed by atoms with Crippen molar-refractivity contribution in [3.05, 3.63) is 16.8 Å². The zero-order valence-corrected chi connectivity index (χ0v) is 9.62. The lowest BCUT2D eigenvalue weighted by molar-refractivity contribution is 0.597. The second kappa shape index (κ2) is 5.33. The molecule has 4 nitrogen and oxygen atoms in total. The van der Waals surface area contributed by atoms with Gasteiger partial charge in [0.05, 0.1) is 11.4 Å². The summed E-state index contributed by atoms with van der Waals surface area (Å²) in [5, 5.41) is 6.57. The van der Waals surface area contributed by atoms with E-state index in [-0.39, 0.29) is 5.75 Å². The van der Waals surface area contributed by atoms with Crippen LogP contribution >= 0.6 is 11.3 Å². The van der Waals surface area contributed by atoms with E-state index in [1.165, 1.54) is 11.3 Å². The van der Waals surface area contributed by atoms with Crippen molar-refractivity contribution in [2.24, 2.45) is 0 Å². The molecule has 0 saturated carbocycles. The minimum Gasteiger partial charge on any atom is -0.316 e. The molecule has 80 valence electrons. The van der Waals surface area contributed by atoms with E-state index in [4.69, 9.17) is 0 Å². The van der Waals surface area contributed by atoms with Crippen molar-refractivity contribution in [3.8, 4) is 0 Å². The summed E-state index contributed by atoms with van der Waals surface area (Å²) in [5.74, 6) is 0.108. The van der Waals surface area contributed by atoms with Crippen LogP contribution in [0.5, 0.6) is 0 Å². The molecule has 1 rings (SSSR count). The molecule has 0 atom stereocenters. The van der Waals surface area contributed by atoms with Gasteiger partial charge in [-0.2, -0.15) is 11.3 Å². The van der Waals surface area contributed by atoms with Gasteiger partial charge in [-0.25, -0.2) is 8.42 Å². The Morgan fingerprint density at radius 2 is 2.29 bits per heavy atom. The number of sulfonamides is 1. The van der Waals surface area contributed by atoms with Gasteiger partial charge in [-0.1, -0.05) is 6.92 Å². The molecule has 14 heavy (non-hydrogen) atoms. The molecule has 0 bridgehead atoms. The minimum absolute atomic E-state index is 0.108. The topological polar surface area (TPSA) is 58.2 Å². The molecule has 0 spiro atoms. The Labute approximate surface area is 88.4 Å². The number of rotatable bonds is 6. The summed E-state index contributed by atoms with van der Waals surface area (Å²) in [6.07, 6.45) is 0. The second-order valence-corrected chi connectivity index (χ2v) is 5.41.